The highest BCUT2D eigenvalue weighted by Gasteiger charge is 2.25. The lowest BCUT2D eigenvalue weighted by Crippen LogP contribution is -2.50. The number of hydrogen-bond acceptors (Lipinski definition) is 2. The Balaban J connectivity index is 0.000000921. The first kappa shape index (κ1) is 14.0. The molecule has 1 rings (SSSR count). The summed E-state index contributed by atoms with van der Waals surface area (Å²) in [7, 11) is 1.74. The third-order valence-corrected chi connectivity index (χ3v) is 2.15. The molecule has 0 radical (unpaired) electrons. The summed E-state index contributed by atoms with van der Waals surface area (Å²) in [5, 5.41) is 0. The van der Waals surface area contributed by atoms with Crippen LogP contribution in [0.3, 0.4) is 0 Å². The third kappa shape index (κ3) is 4.84. The largest absolute Gasteiger partial charge is 0.378 e. The minimum atomic E-state index is 0.384. The lowest BCUT2D eigenvalue weighted by Gasteiger charge is -2.40. The first-order chi connectivity index (χ1) is 7.13. The average molecular weight is 209 g/mol. The molecule has 2 nitrogen and oxygen atoms in total. The van der Waals surface area contributed by atoms with Crippen LogP contribution in [0.1, 0.15) is 20.8 Å². The monoisotopic (exact) mass is 209 g/mol. The smallest absolute Gasteiger partial charge is 0.0920 e. The second-order valence-corrected chi connectivity index (χ2v) is 3.43. The maximum atomic E-state index is 5.17. The molecule has 86 valence electrons. The van der Waals surface area contributed by atoms with Crippen LogP contribution in [0.2, 0.25) is 0 Å². The van der Waals surface area contributed by atoms with Gasteiger partial charge in [0.1, 0.15) is 0 Å². The van der Waals surface area contributed by atoms with Gasteiger partial charge in [0.2, 0.25) is 0 Å². The Bertz CT molecular complexity index is 237. The summed E-state index contributed by atoms with van der Waals surface area (Å²) in [6.07, 6.45) is 4.35. The van der Waals surface area contributed by atoms with Crippen LogP contribution >= 0.6 is 0 Å². The summed E-state index contributed by atoms with van der Waals surface area (Å²) in [6, 6.07) is 0. The van der Waals surface area contributed by atoms with Crippen molar-refractivity contribution in [1.82, 2.24) is 4.90 Å². The van der Waals surface area contributed by atoms with Gasteiger partial charge in [0, 0.05) is 25.9 Å². The fourth-order valence-corrected chi connectivity index (χ4v) is 1.17. The van der Waals surface area contributed by atoms with Crippen molar-refractivity contribution in [3.8, 4) is 0 Å². The van der Waals surface area contributed by atoms with Crippen LogP contribution in [0.4, 0.5) is 0 Å². The number of ether oxygens (including phenoxy) is 1. The molecule has 0 N–H and O–H groups in total. The molecular formula is C13H23NO. The normalized spacial score (nSPS) is 15.6. The average Bonchev–Trinajstić information content (AvgIpc) is 2.16. The summed E-state index contributed by atoms with van der Waals surface area (Å²) in [5.74, 6) is 0. The van der Waals surface area contributed by atoms with E-state index >= 15 is 0 Å². The molecule has 1 aliphatic rings. The molecular weight excluding hydrogens is 186 g/mol. The maximum Gasteiger partial charge on any atom is 0.0920 e. The van der Waals surface area contributed by atoms with Crippen molar-refractivity contribution in [1.29, 1.82) is 0 Å². The van der Waals surface area contributed by atoms with Crippen LogP contribution in [-0.2, 0) is 4.74 Å². The van der Waals surface area contributed by atoms with E-state index in [1.54, 1.807) is 7.11 Å². The molecule has 0 saturated carbocycles. The zero-order valence-corrected chi connectivity index (χ0v) is 10.4. The van der Waals surface area contributed by atoms with E-state index in [-0.39, 0.29) is 0 Å². The van der Waals surface area contributed by atoms with E-state index in [1.165, 1.54) is 0 Å². The summed E-state index contributed by atoms with van der Waals surface area (Å²) < 4.78 is 5.17. The van der Waals surface area contributed by atoms with Gasteiger partial charge < -0.3 is 9.64 Å². The van der Waals surface area contributed by atoms with Crippen molar-refractivity contribution in [3.63, 3.8) is 0 Å². The topological polar surface area (TPSA) is 12.5 Å². The van der Waals surface area contributed by atoms with Crippen LogP contribution in [0.15, 0.2) is 36.6 Å². The zero-order valence-electron chi connectivity index (χ0n) is 10.4. The minimum absolute atomic E-state index is 0.384. The van der Waals surface area contributed by atoms with Gasteiger partial charge >= 0.3 is 0 Å². The highest BCUT2D eigenvalue weighted by atomic mass is 16.5. The van der Waals surface area contributed by atoms with Crippen molar-refractivity contribution in [2.45, 2.75) is 26.9 Å². The molecule has 2 heteroatoms. The second-order valence-electron chi connectivity index (χ2n) is 3.43. The first-order valence-electron chi connectivity index (χ1n) is 5.43. The molecule has 0 bridgehead atoms. The molecule has 0 amide bonds. The van der Waals surface area contributed by atoms with E-state index in [9.17, 15) is 0 Å². The zero-order chi connectivity index (χ0) is 11.8. The van der Waals surface area contributed by atoms with Crippen LogP contribution in [0.25, 0.3) is 0 Å². The number of methoxy groups -OCH3 is 1. The predicted octanol–water partition coefficient (Wildman–Crippen LogP) is 2.99. The van der Waals surface area contributed by atoms with Gasteiger partial charge in [0.15, 0.2) is 0 Å². The third-order valence-electron chi connectivity index (χ3n) is 2.15. The predicted molar refractivity (Wildman–Crippen MR) is 66.8 cm³/mol. The number of rotatable bonds is 4. The van der Waals surface area contributed by atoms with Gasteiger partial charge in [-0.25, -0.2) is 0 Å². The van der Waals surface area contributed by atoms with Crippen molar-refractivity contribution in [2.24, 2.45) is 0 Å². The second kappa shape index (κ2) is 7.30. The summed E-state index contributed by atoms with van der Waals surface area (Å²) in [4.78, 5) is 2.19. The Morgan fingerprint density at radius 2 is 1.80 bits per heavy atom. The van der Waals surface area contributed by atoms with Gasteiger partial charge in [-0.2, -0.15) is 0 Å². The first-order valence-corrected chi connectivity index (χ1v) is 5.43. The molecule has 1 aliphatic heterocycles. The summed E-state index contributed by atoms with van der Waals surface area (Å²) in [5.41, 5.74) is 2.08. The molecule has 0 atom stereocenters. The number of likely N-dealkylation sites (tertiary alicyclic amines) is 1. The Morgan fingerprint density at radius 1 is 1.27 bits per heavy atom. The van der Waals surface area contributed by atoms with Crippen LogP contribution in [0.5, 0.6) is 0 Å². The number of nitrogens with zero attached hydrogens (tertiary/aromatic N) is 1. The molecule has 0 aromatic carbocycles. The van der Waals surface area contributed by atoms with Crippen molar-refractivity contribution >= 4 is 0 Å². The highest BCUT2D eigenvalue weighted by Crippen LogP contribution is 2.17. The number of hydrogen-bond donors (Lipinski definition) is 0. The van der Waals surface area contributed by atoms with Crippen molar-refractivity contribution < 1.29 is 4.74 Å². The minimum Gasteiger partial charge on any atom is -0.378 e. The van der Waals surface area contributed by atoms with Gasteiger partial charge in [0.05, 0.1) is 6.10 Å². The van der Waals surface area contributed by atoms with E-state index < -0.39 is 0 Å². The van der Waals surface area contributed by atoms with Crippen LogP contribution in [0, 0.1) is 0 Å². The Morgan fingerprint density at radius 3 is 2.20 bits per heavy atom. The Kier molecular flexibility index (Phi) is 6.80. The van der Waals surface area contributed by atoms with Gasteiger partial charge in [-0.05, 0) is 13.0 Å². The Labute approximate surface area is 93.9 Å². The molecule has 0 aromatic heterocycles. The van der Waals surface area contributed by atoms with E-state index in [4.69, 9.17) is 4.74 Å². The van der Waals surface area contributed by atoms with Gasteiger partial charge in [-0.15, -0.1) is 0 Å². The molecule has 0 spiro atoms. The number of allylic oxidation sites excluding steroid dienone is 3. The van der Waals surface area contributed by atoms with Crippen molar-refractivity contribution in [2.75, 3.05) is 20.2 Å². The van der Waals surface area contributed by atoms with Gasteiger partial charge in [0.25, 0.3) is 0 Å². The molecule has 0 aliphatic carbocycles. The standard InChI is InChI=1S/C11H17NO.C2H6/c1-9(2)5-6-10(3)12-7-11(8-12)13-4;1-2/h5-6,11H,1,3,7-8H2,2,4H3;1-2H3/b6-5-;. The summed E-state index contributed by atoms with van der Waals surface area (Å²) in [6.45, 7) is 15.6. The van der Waals surface area contributed by atoms with E-state index in [0.29, 0.717) is 6.10 Å². The molecule has 1 saturated heterocycles. The molecule has 1 fully saturated rings. The highest BCUT2D eigenvalue weighted by molar-refractivity contribution is 5.23. The lowest BCUT2D eigenvalue weighted by atomic mass is 10.1. The SMILES string of the molecule is C=C(C)/C=C\C(=C)N1CC(OC)C1.CC. The van der Waals surface area contributed by atoms with Crippen molar-refractivity contribution in [3.05, 3.63) is 36.6 Å². The maximum absolute atomic E-state index is 5.17. The fraction of sp³-hybridized carbons (Fsp3) is 0.538. The van der Waals surface area contributed by atoms with E-state index in [2.05, 4.69) is 18.1 Å². The van der Waals surface area contributed by atoms with E-state index in [0.717, 1.165) is 24.4 Å². The fourth-order valence-electron chi connectivity index (χ4n) is 1.17. The van der Waals surface area contributed by atoms with Gasteiger partial charge in [-0.1, -0.05) is 38.7 Å². The van der Waals surface area contributed by atoms with Crippen LogP contribution in [-0.4, -0.2) is 31.2 Å². The summed E-state index contributed by atoms with van der Waals surface area (Å²) >= 11 is 0. The molecule has 15 heavy (non-hydrogen) atoms. The lowest BCUT2D eigenvalue weighted by molar-refractivity contribution is -0.00919. The molecule has 0 aromatic rings. The molecule has 0 unspecified atom stereocenters. The Hall–Kier alpha value is -1.02. The quantitative estimate of drug-likeness (QED) is 0.660. The van der Waals surface area contributed by atoms with E-state index in [1.807, 2.05) is 32.9 Å². The molecule has 1 heterocycles. The van der Waals surface area contributed by atoms with Gasteiger partial charge in [-0.3, -0.25) is 0 Å². The van der Waals surface area contributed by atoms with Crippen LogP contribution < -0.4 is 0 Å².